The molecule has 2 aromatic carbocycles. The van der Waals surface area contributed by atoms with E-state index in [9.17, 15) is 9.59 Å². The fourth-order valence-electron chi connectivity index (χ4n) is 2.83. The number of hydrogen-bond donors (Lipinski definition) is 2. The fourth-order valence-corrected chi connectivity index (χ4v) is 2.83. The van der Waals surface area contributed by atoms with Gasteiger partial charge in [0.05, 0.1) is 18.5 Å². The second-order valence-corrected chi connectivity index (χ2v) is 7.81. The molecule has 31 heavy (non-hydrogen) atoms. The molecule has 1 heterocycles. The second kappa shape index (κ2) is 9.30. The van der Waals surface area contributed by atoms with E-state index in [4.69, 9.17) is 9.47 Å². The lowest BCUT2D eigenvalue weighted by Crippen LogP contribution is -2.27. The van der Waals surface area contributed by atoms with Gasteiger partial charge in [0.25, 0.3) is 5.91 Å². The summed E-state index contributed by atoms with van der Waals surface area (Å²) in [5.41, 5.74) is 2.47. The van der Waals surface area contributed by atoms with E-state index < -0.39 is 11.7 Å². The molecule has 1 aromatic heterocycles. The third-order valence-electron chi connectivity index (χ3n) is 4.27. The van der Waals surface area contributed by atoms with E-state index in [0.29, 0.717) is 22.7 Å². The Morgan fingerprint density at radius 3 is 2.13 bits per heavy atom. The number of amides is 2. The molecule has 3 rings (SSSR count). The van der Waals surface area contributed by atoms with Crippen LogP contribution in [0.25, 0.3) is 11.1 Å². The van der Waals surface area contributed by atoms with Crippen LogP contribution in [0.2, 0.25) is 0 Å². The quantitative estimate of drug-likeness (QED) is 0.581. The zero-order valence-corrected chi connectivity index (χ0v) is 17.9. The Bertz CT molecular complexity index is 1060. The van der Waals surface area contributed by atoms with Crippen LogP contribution in [-0.4, -0.2) is 29.7 Å². The lowest BCUT2D eigenvalue weighted by molar-refractivity contribution is 0.0635. The number of aromatic nitrogens is 1. The van der Waals surface area contributed by atoms with Crippen LogP contribution in [0.1, 0.15) is 31.1 Å². The number of nitrogens with zero attached hydrogens (tertiary/aromatic N) is 1. The van der Waals surface area contributed by atoms with Gasteiger partial charge in [0.15, 0.2) is 0 Å². The summed E-state index contributed by atoms with van der Waals surface area (Å²) in [5, 5.41) is 5.59. The number of pyridine rings is 1. The van der Waals surface area contributed by atoms with Gasteiger partial charge < -0.3 is 14.8 Å². The first-order valence-corrected chi connectivity index (χ1v) is 9.75. The van der Waals surface area contributed by atoms with E-state index in [1.807, 2.05) is 18.2 Å². The molecule has 0 atom stereocenters. The molecule has 0 bridgehead atoms. The predicted molar refractivity (Wildman–Crippen MR) is 120 cm³/mol. The van der Waals surface area contributed by atoms with Crippen LogP contribution in [-0.2, 0) is 4.74 Å². The predicted octanol–water partition coefficient (Wildman–Crippen LogP) is 5.36. The summed E-state index contributed by atoms with van der Waals surface area (Å²) in [6.07, 6.45) is 2.78. The molecule has 7 nitrogen and oxygen atoms in total. The zero-order chi connectivity index (χ0) is 22.4. The molecule has 0 aliphatic heterocycles. The van der Waals surface area contributed by atoms with Crippen LogP contribution < -0.4 is 15.4 Å². The Labute approximate surface area is 181 Å². The first-order valence-electron chi connectivity index (χ1n) is 9.75. The highest BCUT2D eigenvalue weighted by Gasteiger charge is 2.18. The molecule has 0 unspecified atom stereocenters. The molecule has 3 aromatic rings. The molecule has 0 aliphatic rings. The van der Waals surface area contributed by atoms with Gasteiger partial charge >= 0.3 is 6.09 Å². The van der Waals surface area contributed by atoms with Gasteiger partial charge in [-0.1, -0.05) is 6.07 Å². The molecule has 0 saturated carbocycles. The second-order valence-electron chi connectivity index (χ2n) is 7.81. The van der Waals surface area contributed by atoms with Crippen LogP contribution >= 0.6 is 0 Å². The maximum Gasteiger partial charge on any atom is 0.412 e. The van der Waals surface area contributed by atoms with Gasteiger partial charge in [-0.05, 0) is 80.4 Å². The van der Waals surface area contributed by atoms with Gasteiger partial charge in [-0.3, -0.25) is 15.1 Å². The number of ether oxygens (including phenoxy) is 2. The van der Waals surface area contributed by atoms with Crippen molar-refractivity contribution >= 4 is 23.4 Å². The number of hydrogen-bond acceptors (Lipinski definition) is 5. The SMILES string of the molecule is COc1ccc(C(=O)Nc2cc(-c3ccncc3)ccc2NC(=O)OC(C)(C)C)cc1. The van der Waals surface area contributed by atoms with Crippen molar-refractivity contribution in [2.45, 2.75) is 26.4 Å². The summed E-state index contributed by atoms with van der Waals surface area (Å²) >= 11 is 0. The Balaban J connectivity index is 1.91. The summed E-state index contributed by atoms with van der Waals surface area (Å²) in [4.78, 5) is 29.1. The van der Waals surface area contributed by atoms with Crippen molar-refractivity contribution in [2.75, 3.05) is 17.7 Å². The maximum absolute atomic E-state index is 12.8. The topological polar surface area (TPSA) is 89.5 Å². The van der Waals surface area contributed by atoms with Crippen molar-refractivity contribution < 1.29 is 19.1 Å². The van der Waals surface area contributed by atoms with Gasteiger partial charge in [-0.25, -0.2) is 4.79 Å². The number of methoxy groups -OCH3 is 1. The minimum Gasteiger partial charge on any atom is -0.497 e. The average molecular weight is 419 g/mol. The van der Waals surface area contributed by atoms with E-state index in [1.54, 1.807) is 76.7 Å². The molecule has 0 saturated heterocycles. The number of carbonyl (C=O) groups is 2. The Hall–Kier alpha value is -3.87. The van der Waals surface area contributed by atoms with Gasteiger partial charge in [-0.2, -0.15) is 0 Å². The molecule has 0 fully saturated rings. The first-order chi connectivity index (χ1) is 14.7. The average Bonchev–Trinajstić information content (AvgIpc) is 2.74. The minimum absolute atomic E-state index is 0.318. The lowest BCUT2D eigenvalue weighted by atomic mass is 10.1. The fraction of sp³-hybridized carbons (Fsp3) is 0.208. The van der Waals surface area contributed by atoms with Crippen molar-refractivity contribution in [3.8, 4) is 16.9 Å². The number of benzene rings is 2. The summed E-state index contributed by atoms with van der Waals surface area (Å²) < 4.78 is 10.5. The molecule has 0 spiro atoms. The summed E-state index contributed by atoms with van der Waals surface area (Å²) in [6, 6.07) is 15.9. The monoisotopic (exact) mass is 419 g/mol. The number of anilines is 2. The smallest absolute Gasteiger partial charge is 0.412 e. The van der Waals surface area contributed by atoms with Crippen molar-refractivity contribution in [3.63, 3.8) is 0 Å². The molecule has 0 radical (unpaired) electrons. The van der Waals surface area contributed by atoms with Crippen molar-refractivity contribution in [3.05, 3.63) is 72.6 Å². The number of nitrogens with one attached hydrogen (secondary N) is 2. The van der Waals surface area contributed by atoms with Crippen LogP contribution in [0.5, 0.6) is 5.75 Å². The molecule has 0 aliphatic carbocycles. The van der Waals surface area contributed by atoms with Gasteiger partial charge in [0.2, 0.25) is 0 Å². The maximum atomic E-state index is 12.8. The van der Waals surface area contributed by atoms with Crippen LogP contribution in [0.15, 0.2) is 67.0 Å². The highest BCUT2D eigenvalue weighted by atomic mass is 16.6. The zero-order valence-electron chi connectivity index (χ0n) is 17.9. The Morgan fingerprint density at radius 1 is 0.839 bits per heavy atom. The minimum atomic E-state index is -0.645. The third kappa shape index (κ3) is 6.05. The van der Waals surface area contributed by atoms with E-state index in [2.05, 4.69) is 15.6 Å². The molecule has 7 heteroatoms. The summed E-state index contributed by atoms with van der Waals surface area (Å²) in [5.74, 6) is 0.338. The summed E-state index contributed by atoms with van der Waals surface area (Å²) in [7, 11) is 1.56. The molecular weight excluding hydrogens is 394 g/mol. The molecule has 2 N–H and O–H groups in total. The van der Waals surface area contributed by atoms with Crippen LogP contribution in [0.3, 0.4) is 0 Å². The standard InChI is InChI=1S/C24H25N3O4/c1-24(2,3)31-23(29)27-20-10-7-18(16-11-13-25-14-12-16)15-21(20)26-22(28)17-5-8-19(30-4)9-6-17/h5-15H,1-4H3,(H,26,28)(H,27,29). The first kappa shape index (κ1) is 21.8. The van der Waals surface area contributed by atoms with Crippen molar-refractivity contribution in [2.24, 2.45) is 0 Å². The van der Waals surface area contributed by atoms with Crippen LogP contribution in [0.4, 0.5) is 16.2 Å². The number of rotatable bonds is 5. The van der Waals surface area contributed by atoms with Gasteiger partial charge in [0.1, 0.15) is 11.4 Å². The largest absolute Gasteiger partial charge is 0.497 e. The van der Waals surface area contributed by atoms with E-state index in [1.165, 1.54) is 0 Å². The highest BCUT2D eigenvalue weighted by molar-refractivity contribution is 6.07. The highest BCUT2D eigenvalue weighted by Crippen LogP contribution is 2.30. The Kier molecular flexibility index (Phi) is 6.55. The lowest BCUT2D eigenvalue weighted by Gasteiger charge is -2.21. The van der Waals surface area contributed by atoms with Crippen molar-refractivity contribution in [1.82, 2.24) is 4.98 Å². The van der Waals surface area contributed by atoms with Gasteiger partial charge in [0, 0.05) is 18.0 Å². The molecular formula is C24H25N3O4. The summed E-state index contributed by atoms with van der Waals surface area (Å²) in [6.45, 7) is 5.35. The van der Waals surface area contributed by atoms with Crippen molar-refractivity contribution in [1.29, 1.82) is 0 Å². The number of carbonyl (C=O) groups excluding carboxylic acids is 2. The third-order valence-corrected chi connectivity index (χ3v) is 4.27. The van der Waals surface area contributed by atoms with E-state index in [-0.39, 0.29) is 5.91 Å². The molecule has 2 amide bonds. The van der Waals surface area contributed by atoms with E-state index in [0.717, 1.165) is 11.1 Å². The van der Waals surface area contributed by atoms with Gasteiger partial charge in [-0.15, -0.1) is 0 Å². The van der Waals surface area contributed by atoms with Crippen LogP contribution in [0, 0.1) is 0 Å². The normalized spacial score (nSPS) is 10.8. The molecule has 160 valence electrons. The Morgan fingerprint density at radius 2 is 1.52 bits per heavy atom. The van der Waals surface area contributed by atoms with E-state index >= 15 is 0 Å².